The molecule has 0 aromatic heterocycles. The van der Waals surface area contributed by atoms with Crippen molar-refractivity contribution in [1.29, 1.82) is 0 Å². The van der Waals surface area contributed by atoms with Crippen molar-refractivity contribution in [3.63, 3.8) is 0 Å². The second-order valence-electron chi connectivity index (χ2n) is 9.40. The van der Waals surface area contributed by atoms with Crippen LogP contribution < -0.4 is 14.4 Å². The van der Waals surface area contributed by atoms with E-state index in [1.54, 1.807) is 43.3 Å². The van der Waals surface area contributed by atoms with E-state index in [-0.39, 0.29) is 29.1 Å². The summed E-state index contributed by atoms with van der Waals surface area (Å²) in [5.74, 6) is -0.382. The van der Waals surface area contributed by atoms with Crippen LogP contribution in [0.25, 0.3) is 0 Å². The van der Waals surface area contributed by atoms with Gasteiger partial charge >= 0.3 is 0 Å². The maximum Gasteiger partial charge on any atom is 0.264 e. The van der Waals surface area contributed by atoms with Gasteiger partial charge in [0, 0.05) is 22.6 Å². The monoisotopic (exact) mass is 605 g/mol. The lowest BCUT2D eigenvalue weighted by Crippen LogP contribution is -2.53. The van der Waals surface area contributed by atoms with Crippen molar-refractivity contribution in [2.75, 3.05) is 18.0 Å². The van der Waals surface area contributed by atoms with Gasteiger partial charge in [0.05, 0.1) is 17.7 Å². The van der Waals surface area contributed by atoms with Crippen LogP contribution in [0.5, 0.6) is 5.75 Å². The first-order chi connectivity index (χ1) is 19.0. The topological polar surface area (TPSA) is 96.0 Å². The average Bonchev–Trinajstić information content (AvgIpc) is 2.92. The summed E-state index contributed by atoms with van der Waals surface area (Å²) in [4.78, 5) is 28.6. The molecular weight excluding hydrogens is 573 g/mol. The van der Waals surface area contributed by atoms with Gasteiger partial charge in [0.1, 0.15) is 18.3 Å². The molecule has 2 amide bonds. The van der Waals surface area contributed by atoms with Crippen LogP contribution in [0.2, 0.25) is 10.0 Å². The van der Waals surface area contributed by atoms with E-state index in [9.17, 15) is 18.0 Å². The van der Waals surface area contributed by atoms with Gasteiger partial charge in [-0.25, -0.2) is 8.42 Å². The predicted octanol–water partition coefficient (Wildman–Crippen LogP) is 5.53. The van der Waals surface area contributed by atoms with Crippen LogP contribution in [0.15, 0.2) is 77.7 Å². The highest BCUT2D eigenvalue weighted by molar-refractivity contribution is 7.92. The summed E-state index contributed by atoms with van der Waals surface area (Å²) < 4.78 is 33.9. The number of ether oxygens (including phenoxy) is 1. The number of nitrogens with zero attached hydrogens (tertiary/aromatic N) is 2. The van der Waals surface area contributed by atoms with E-state index in [2.05, 4.69) is 5.32 Å². The molecule has 0 aliphatic carbocycles. The number of anilines is 1. The quantitative estimate of drug-likeness (QED) is 0.293. The van der Waals surface area contributed by atoms with Gasteiger partial charge in [-0.1, -0.05) is 42.3 Å². The van der Waals surface area contributed by atoms with Crippen molar-refractivity contribution >= 4 is 50.7 Å². The van der Waals surface area contributed by atoms with E-state index in [4.69, 9.17) is 27.9 Å². The minimum atomic E-state index is -4.20. The third-order valence-electron chi connectivity index (χ3n) is 6.12. The van der Waals surface area contributed by atoms with Crippen molar-refractivity contribution in [3.05, 3.63) is 88.4 Å². The molecule has 1 atom stereocenters. The Bertz CT molecular complexity index is 1400. The van der Waals surface area contributed by atoms with Gasteiger partial charge in [-0.05, 0) is 86.5 Å². The van der Waals surface area contributed by atoms with Gasteiger partial charge in [-0.3, -0.25) is 13.9 Å². The molecule has 40 heavy (non-hydrogen) atoms. The zero-order valence-corrected chi connectivity index (χ0v) is 25.1. The van der Waals surface area contributed by atoms with Gasteiger partial charge in [-0.2, -0.15) is 0 Å². The number of methoxy groups -OCH3 is 1. The lowest BCUT2D eigenvalue weighted by atomic mass is 10.1. The first-order valence-electron chi connectivity index (χ1n) is 12.7. The molecule has 1 N–H and O–H groups in total. The largest absolute Gasteiger partial charge is 0.497 e. The molecule has 3 aromatic rings. The molecule has 0 heterocycles. The molecule has 3 aromatic carbocycles. The van der Waals surface area contributed by atoms with Crippen LogP contribution in [0.1, 0.15) is 32.8 Å². The number of amides is 2. The molecule has 0 unspecified atom stereocenters. The Kier molecular flexibility index (Phi) is 10.8. The van der Waals surface area contributed by atoms with Gasteiger partial charge in [0.15, 0.2) is 0 Å². The van der Waals surface area contributed by atoms with E-state index in [1.807, 2.05) is 13.8 Å². The number of carbonyl (C=O) groups is 2. The smallest absolute Gasteiger partial charge is 0.264 e. The first-order valence-corrected chi connectivity index (χ1v) is 14.9. The lowest BCUT2D eigenvalue weighted by molar-refractivity contribution is -0.140. The fourth-order valence-corrected chi connectivity index (χ4v) is 5.76. The molecule has 0 aliphatic rings. The highest BCUT2D eigenvalue weighted by atomic mass is 35.5. The summed E-state index contributed by atoms with van der Waals surface area (Å²) in [6.45, 7) is 5.00. The number of rotatable bonds is 12. The minimum absolute atomic E-state index is 0.0232. The molecule has 8 nitrogen and oxygen atoms in total. The van der Waals surface area contributed by atoms with Gasteiger partial charge in [0.2, 0.25) is 11.8 Å². The molecule has 0 radical (unpaired) electrons. The van der Waals surface area contributed by atoms with Crippen molar-refractivity contribution < 1.29 is 22.7 Å². The first kappa shape index (κ1) is 31.3. The van der Waals surface area contributed by atoms with Gasteiger partial charge < -0.3 is 15.0 Å². The minimum Gasteiger partial charge on any atom is -0.497 e. The Morgan fingerprint density at radius 1 is 0.900 bits per heavy atom. The van der Waals surface area contributed by atoms with Gasteiger partial charge in [-0.15, -0.1) is 0 Å². The van der Waals surface area contributed by atoms with E-state index >= 15 is 0 Å². The highest BCUT2D eigenvalue weighted by Crippen LogP contribution is 2.27. The number of hydrogen-bond acceptors (Lipinski definition) is 5. The number of carbonyl (C=O) groups excluding carboxylic acids is 2. The summed E-state index contributed by atoms with van der Waals surface area (Å²) in [6.07, 6.45) is 0.323. The molecule has 0 saturated heterocycles. The molecule has 214 valence electrons. The van der Waals surface area contributed by atoms with Crippen LogP contribution in [0.4, 0.5) is 5.69 Å². The van der Waals surface area contributed by atoms with E-state index in [1.165, 1.54) is 48.4 Å². The standard InChI is InChI=1S/C29H33Cl2N3O5S/c1-5-27(29(36)32-20(2)3)33(18-21-6-8-22(30)9-7-21)28(35)19-34(24-12-10-23(31)11-13-24)40(37,38)26-16-14-25(39-4)15-17-26/h6-17,20,27H,5,18-19H2,1-4H3,(H,32,36)/t27-/m0/s1. The molecule has 0 aliphatic heterocycles. The lowest BCUT2D eigenvalue weighted by Gasteiger charge is -2.33. The third-order valence-corrected chi connectivity index (χ3v) is 8.42. The molecule has 3 rings (SSSR count). The summed E-state index contributed by atoms with van der Waals surface area (Å²) in [7, 11) is -2.72. The third kappa shape index (κ3) is 7.90. The zero-order valence-electron chi connectivity index (χ0n) is 22.8. The molecule has 0 saturated carbocycles. The number of sulfonamides is 1. The van der Waals surface area contributed by atoms with E-state index < -0.39 is 28.5 Å². The fourth-order valence-electron chi connectivity index (χ4n) is 4.10. The van der Waals surface area contributed by atoms with Crippen LogP contribution in [-0.4, -0.2) is 50.9 Å². The fraction of sp³-hybridized carbons (Fsp3) is 0.310. The normalized spacial score (nSPS) is 12.1. The zero-order chi connectivity index (χ0) is 29.4. The molecule has 0 fully saturated rings. The second-order valence-corrected chi connectivity index (χ2v) is 12.1. The number of halogens is 2. The predicted molar refractivity (Wildman–Crippen MR) is 158 cm³/mol. The maximum atomic E-state index is 14.0. The van der Waals surface area contributed by atoms with Crippen molar-refractivity contribution in [3.8, 4) is 5.75 Å². The summed E-state index contributed by atoms with van der Waals surface area (Å²) in [5, 5.41) is 3.82. The number of hydrogen-bond donors (Lipinski definition) is 1. The number of benzene rings is 3. The van der Waals surface area contributed by atoms with Crippen LogP contribution in [-0.2, 0) is 26.2 Å². The summed E-state index contributed by atoms with van der Waals surface area (Å²) in [6, 6.07) is 18.0. The average molecular weight is 607 g/mol. The van der Waals surface area contributed by atoms with Crippen molar-refractivity contribution in [2.24, 2.45) is 0 Å². The Morgan fingerprint density at radius 2 is 1.45 bits per heavy atom. The molecular formula is C29H33Cl2N3O5S. The SMILES string of the molecule is CC[C@@H](C(=O)NC(C)C)N(Cc1ccc(Cl)cc1)C(=O)CN(c1ccc(Cl)cc1)S(=O)(=O)c1ccc(OC)cc1. The van der Waals surface area contributed by atoms with Crippen molar-refractivity contribution in [1.82, 2.24) is 10.2 Å². The molecule has 11 heteroatoms. The Morgan fingerprint density at radius 3 is 1.95 bits per heavy atom. The van der Waals surface area contributed by atoms with Crippen LogP contribution in [0.3, 0.4) is 0 Å². The summed E-state index contributed by atoms with van der Waals surface area (Å²) in [5.41, 5.74) is 0.990. The second kappa shape index (κ2) is 13.9. The van der Waals surface area contributed by atoms with E-state index in [0.29, 0.717) is 22.2 Å². The Labute approximate surface area is 245 Å². The summed E-state index contributed by atoms with van der Waals surface area (Å²) >= 11 is 12.1. The highest BCUT2D eigenvalue weighted by Gasteiger charge is 2.33. The van der Waals surface area contributed by atoms with Gasteiger partial charge in [0.25, 0.3) is 10.0 Å². The Balaban J connectivity index is 2.05. The molecule has 0 bridgehead atoms. The van der Waals surface area contributed by atoms with E-state index in [0.717, 1.165) is 9.87 Å². The maximum absolute atomic E-state index is 14.0. The molecule has 0 spiro atoms. The van der Waals surface area contributed by atoms with Crippen LogP contribution in [0, 0.1) is 0 Å². The van der Waals surface area contributed by atoms with Crippen LogP contribution >= 0.6 is 23.2 Å². The number of nitrogens with one attached hydrogen (secondary N) is 1. The van der Waals surface area contributed by atoms with Crippen molar-refractivity contribution in [2.45, 2.75) is 50.7 Å². The Hall–Kier alpha value is -3.27.